The van der Waals surface area contributed by atoms with Crippen LogP contribution in [0.4, 0.5) is 68.2 Å². The minimum Gasteiger partial charge on any atom is -0.308 e. The predicted molar refractivity (Wildman–Crippen MR) is 355 cm³/mol. The second-order valence-electron chi connectivity index (χ2n) is 20.5. The van der Waals surface area contributed by atoms with Gasteiger partial charge >= 0.3 is 0 Å². The summed E-state index contributed by atoms with van der Waals surface area (Å²) in [5.41, 5.74) is 20.0. The van der Waals surface area contributed by atoms with Crippen LogP contribution in [0.15, 0.2) is 179 Å². The van der Waals surface area contributed by atoms with E-state index >= 15 is 0 Å². The van der Waals surface area contributed by atoms with Crippen molar-refractivity contribution in [3.8, 4) is 0 Å². The van der Waals surface area contributed by atoms with E-state index in [1.807, 2.05) is 45.3 Å². The number of benzene rings is 8. The molecule has 0 aliphatic rings. The van der Waals surface area contributed by atoms with Crippen LogP contribution in [0.1, 0.15) is 97.2 Å². The molecule has 0 unspecified atom stereocenters. The maximum absolute atomic E-state index is 2.63. The lowest BCUT2D eigenvalue weighted by Crippen LogP contribution is -2.18. The van der Waals surface area contributed by atoms with Gasteiger partial charge in [0.2, 0.25) is 0 Å². The summed E-state index contributed by atoms with van der Waals surface area (Å²) in [7, 11) is 0. The summed E-state index contributed by atoms with van der Waals surface area (Å²) in [6, 6.07) is 59.8. The normalized spacial score (nSPS) is 11.7. The lowest BCUT2D eigenvalue weighted by atomic mass is 9.88. The second-order valence-corrected chi connectivity index (χ2v) is 24.4. The van der Waals surface area contributed by atoms with Crippen LogP contribution in [0.3, 0.4) is 0 Å². The van der Waals surface area contributed by atoms with Crippen LogP contribution in [0.5, 0.6) is 0 Å². The quantitative estimate of drug-likeness (QED) is 0.0705. The number of anilines is 12. The fourth-order valence-electron chi connectivity index (χ4n) is 12.3. The van der Waals surface area contributed by atoms with Crippen LogP contribution in [-0.2, 0) is 51.4 Å². The highest BCUT2D eigenvalue weighted by Crippen LogP contribution is 2.58. The molecule has 12 aromatic rings. The lowest BCUT2D eigenvalue weighted by Gasteiger charge is -2.35. The van der Waals surface area contributed by atoms with E-state index in [4.69, 9.17) is 0 Å². The zero-order valence-corrected chi connectivity index (χ0v) is 50.7. The van der Waals surface area contributed by atoms with Crippen molar-refractivity contribution in [3.05, 3.63) is 221 Å². The minimum atomic E-state index is 0.931. The summed E-state index contributed by atoms with van der Waals surface area (Å²) in [6.07, 6.45) is 7.48. The highest BCUT2D eigenvalue weighted by atomic mass is 32.1. The van der Waals surface area contributed by atoms with Crippen molar-refractivity contribution < 1.29 is 0 Å². The van der Waals surface area contributed by atoms with Gasteiger partial charge in [0.05, 0.1) is 45.5 Å². The van der Waals surface area contributed by atoms with Gasteiger partial charge < -0.3 is 19.6 Å². The van der Waals surface area contributed by atoms with Crippen LogP contribution in [0.25, 0.3) is 32.3 Å². The van der Waals surface area contributed by atoms with Crippen LogP contribution in [0.2, 0.25) is 0 Å². The largest absolute Gasteiger partial charge is 0.308 e. The summed E-state index contributed by atoms with van der Waals surface area (Å²) in [6.45, 7) is 18.6. The second kappa shape index (κ2) is 23.1. The molecule has 8 heteroatoms. The molecular formula is C72H70N4S4. The molecule has 12 rings (SSSR count). The topological polar surface area (TPSA) is 13.0 Å². The van der Waals surface area contributed by atoms with Crippen molar-refractivity contribution >= 4 is 146 Å². The number of hydrogen-bond acceptors (Lipinski definition) is 8. The average molecular weight is 1120 g/mol. The van der Waals surface area contributed by atoms with Gasteiger partial charge in [-0.1, -0.05) is 152 Å². The van der Waals surface area contributed by atoms with Gasteiger partial charge in [0.25, 0.3) is 0 Å². The number of thiophene rings is 4. The molecule has 0 saturated carbocycles. The molecule has 0 amide bonds. The van der Waals surface area contributed by atoms with Crippen LogP contribution >= 0.6 is 45.3 Å². The molecule has 0 spiro atoms. The Bertz CT molecular complexity index is 3470. The molecule has 4 nitrogen and oxygen atoms in total. The lowest BCUT2D eigenvalue weighted by molar-refractivity contribution is 1.09. The molecule has 402 valence electrons. The Morgan fingerprint density at radius 1 is 0.263 bits per heavy atom. The molecule has 80 heavy (non-hydrogen) atoms. The van der Waals surface area contributed by atoms with E-state index in [0.29, 0.717) is 0 Å². The first-order chi connectivity index (χ1) is 39.4. The van der Waals surface area contributed by atoms with Crippen molar-refractivity contribution in [2.75, 3.05) is 19.6 Å². The molecule has 0 N–H and O–H groups in total. The van der Waals surface area contributed by atoms with E-state index in [0.717, 1.165) is 74.1 Å². The van der Waals surface area contributed by atoms with E-state index in [9.17, 15) is 0 Å². The van der Waals surface area contributed by atoms with Gasteiger partial charge in [0.1, 0.15) is 0 Å². The third kappa shape index (κ3) is 9.09. The zero-order chi connectivity index (χ0) is 55.0. The van der Waals surface area contributed by atoms with Crippen LogP contribution < -0.4 is 19.6 Å². The van der Waals surface area contributed by atoms with Gasteiger partial charge in [0, 0.05) is 74.6 Å². The summed E-state index contributed by atoms with van der Waals surface area (Å²) >= 11 is 7.61. The van der Waals surface area contributed by atoms with E-state index in [-0.39, 0.29) is 0 Å². The Hall–Kier alpha value is -7.20. The number of aryl methyl sites for hydroxylation is 8. The number of para-hydroxylation sites is 4. The fourth-order valence-corrected chi connectivity index (χ4v) is 16.6. The van der Waals surface area contributed by atoms with E-state index in [2.05, 4.69) is 254 Å². The van der Waals surface area contributed by atoms with Crippen molar-refractivity contribution in [2.45, 2.75) is 107 Å². The molecule has 0 aliphatic heterocycles. The Labute approximate surface area is 489 Å². The van der Waals surface area contributed by atoms with Gasteiger partial charge in [0.15, 0.2) is 0 Å². The van der Waals surface area contributed by atoms with E-state index in [1.54, 1.807) is 0 Å². The third-order valence-corrected chi connectivity index (χ3v) is 20.9. The van der Waals surface area contributed by atoms with Gasteiger partial charge in [-0.3, -0.25) is 0 Å². The van der Waals surface area contributed by atoms with Crippen molar-refractivity contribution in [1.82, 2.24) is 0 Å². The number of rotatable bonds is 20. The van der Waals surface area contributed by atoms with Crippen LogP contribution in [0, 0.1) is 0 Å². The Morgan fingerprint density at radius 3 is 0.662 bits per heavy atom. The Kier molecular flexibility index (Phi) is 15.4. The highest BCUT2D eigenvalue weighted by molar-refractivity contribution is 7.11. The smallest absolute Gasteiger partial charge is 0.0632 e. The van der Waals surface area contributed by atoms with E-state index < -0.39 is 0 Å². The first-order valence-corrected chi connectivity index (χ1v) is 32.5. The third-order valence-electron chi connectivity index (χ3n) is 16.2. The Morgan fingerprint density at radius 2 is 0.475 bits per heavy atom. The van der Waals surface area contributed by atoms with Gasteiger partial charge in [-0.2, -0.15) is 0 Å². The highest BCUT2D eigenvalue weighted by Gasteiger charge is 2.33. The predicted octanol–water partition coefficient (Wildman–Crippen LogP) is 23.2. The molecule has 0 bridgehead atoms. The zero-order valence-electron chi connectivity index (χ0n) is 47.4. The molecule has 0 fully saturated rings. The molecule has 0 radical (unpaired) electrons. The van der Waals surface area contributed by atoms with E-state index in [1.165, 1.54) is 120 Å². The maximum atomic E-state index is 2.63. The maximum Gasteiger partial charge on any atom is 0.0632 e. The summed E-state index contributed by atoms with van der Waals surface area (Å²) in [5, 5.41) is 17.1. The van der Waals surface area contributed by atoms with Crippen LogP contribution in [-0.4, -0.2) is 0 Å². The molecule has 0 saturated heterocycles. The number of hydrogen-bond donors (Lipinski definition) is 0. The molecule has 0 aliphatic carbocycles. The molecule has 4 aromatic heterocycles. The Balaban J connectivity index is 1.34. The summed E-state index contributed by atoms with van der Waals surface area (Å²) in [4.78, 5) is 16.1. The van der Waals surface area contributed by atoms with Crippen molar-refractivity contribution in [2.24, 2.45) is 0 Å². The SMILES string of the molecule is CCc1csc(CC)c1N(c1ccccc1)c1cc(N(c2ccccc2)c2c(CC)csc2CC)c2ccc3c(N(c4ccccc4)c4c(CC)csc4CC)cc(N(c4ccccc4)c4c(CC)csc4CC)c4ccc1c2c43. The summed E-state index contributed by atoms with van der Waals surface area (Å²) < 4.78 is 0. The van der Waals surface area contributed by atoms with Crippen molar-refractivity contribution in [3.63, 3.8) is 0 Å². The summed E-state index contributed by atoms with van der Waals surface area (Å²) in [5.74, 6) is 0. The first kappa shape index (κ1) is 53.4. The first-order valence-electron chi connectivity index (χ1n) is 29.0. The minimum absolute atomic E-state index is 0.931. The van der Waals surface area contributed by atoms with Gasteiger partial charge in [-0.15, -0.1) is 45.3 Å². The fraction of sp³-hybridized carbons (Fsp3) is 0.222. The molecule has 0 atom stereocenters. The molecule has 4 heterocycles. The number of nitrogens with zero attached hydrogens (tertiary/aromatic N) is 4. The molecule has 8 aromatic carbocycles. The average Bonchev–Trinajstić information content (AvgIpc) is 4.37. The van der Waals surface area contributed by atoms with Crippen molar-refractivity contribution in [1.29, 1.82) is 0 Å². The van der Waals surface area contributed by atoms with Gasteiger partial charge in [-0.25, -0.2) is 0 Å². The monoisotopic (exact) mass is 1120 g/mol. The van der Waals surface area contributed by atoms with Gasteiger partial charge in [-0.05, 0) is 156 Å². The molecular weight excluding hydrogens is 1050 g/mol. The standard InChI is InChI=1S/C72H70N4S4/c1-9-47-43-77-63(13-5)69(47)73(51-29-21-17-22-30-51)59-41-60(74(52-31-23-18-24-32-52)70-48(10-2)44-78-64(70)14-6)56-39-40-58-62(76(54-35-27-20-28-36-54)72-50(12-4)46-80-66(72)16-8)42-61(57-38-37-55(59)67(56)68(57)58)75(53-33-25-19-26-34-53)71-49(11-3)45-79-65(71)15-7/h17-46H,9-16H2,1-8H3.